The molecule has 4 bridgehead atoms. The number of aliphatic carboxylic acids is 1. The molecule has 1 aliphatic carbocycles. The summed E-state index contributed by atoms with van der Waals surface area (Å²) in [5.41, 5.74) is 1.93. The number of carboxylic acid groups (broad SMARTS) is 1. The molecule has 3 aromatic rings. The molecule has 3 aliphatic rings. The molecule has 1 saturated carbocycles. The number of amides is 2. The van der Waals surface area contributed by atoms with Crippen LogP contribution in [-0.4, -0.2) is 77.2 Å². The van der Waals surface area contributed by atoms with E-state index in [1.165, 1.54) is 11.0 Å². The summed E-state index contributed by atoms with van der Waals surface area (Å²) < 4.78 is 35.8. The smallest absolute Gasteiger partial charge is 0.330 e. The highest BCUT2D eigenvalue weighted by atomic mass is 32.2. The predicted molar refractivity (Wildman–Crippen MR) is 186 cm³/mol. The second kappa shape index (κ2) is 14.3. The summed E-state index contributed by atoms with van der Waals surface area (Å²) in [5.74, 6) is -2.31. The van der Waals surface area contributed by atoms with E-state index in [1.807, 2.05) is 61.5 Å². The van der Waals surface area contributed by atoms with Crippen LogP contribution in [0.1, 0.15) is 63.9 Å². The van der Waals surface area contributed by atoms with Crippen molar-refractivity contribution in [3.8, 4) is 17.0 Å². The van der Waals surface area contributed by atoms with Gasteiger partial charge < -0.3 is 20.1 Å². The van der Waals surface area contributed by atoms with Crippen molar-refractivity contribution in [1.82, 2.24) is 19.9 Å². The van der Waals surface area contributed by atoms with Crippen molar-refractivity contribution in [3.63, 3.8) is 0 Å². The van der Waals surface area contributed by atoms with Crippen molar-refractivity contribution in [2.45, 2.75) is 88.4 Å². The van der Waals surface area contributed by atoms with Gasteiger partial charge >= 0.3 is 5.97 Å². The van der Waals surface area contributed by atoms with Crippen molar-refractivity contribution >= 4 is 38.7 Å². The maximum absolute atomic E-state index is 14.3. The first-order valence-electron chi connectivity index (χ1n) is 17.2. The van der Waals surface area contributed by atoms with E-state index in [0.29, 0.717) is 30.7 Å². The fourth-order valence-corrected chi connectivity index (χ4v) is 8.39. The number of fused-ring (bicyclic) bond motifs is 3. The minimum absolute atomic E-state index is 0.0103. The number of nitrogens with one attached hydrogen (secondary N) is 2. The van der Waals surface area contributed by atoms with Crippen LogP contribution in [-0.2, 0) is 30.8 Å². The summed E-state index contributed by atoms with van der Waals surface area (Å²) >= 11 is 0. The second-order valence-corrected chi connectivity index (χ2v) is 15.3. The van der Waals surface area contributed by atoms with Gasteiger partial charge in [-0.1, -0.05) is 68.7 Å². The van der Waals surface area contributed by atoms with E-state index < -0.39 is 57.5 Å². The Morgan fingerprint density at radius 2 is 1.96 bits per heavy atom. The molecular weight excluding hydrogens is 644 g/mol. The zero-order valence-electron chi connectivity index (χ0n) is 27.8. The van der Waals surface area contributed by atoms with Crippen LogP contribution >= 0.6 is 0 Å². The van der Waals surface area contributed by atoms with Crippen LogP contribution in [0, 0.1) is 5.92 Å². The van der Waals surface area contributed by atoms with Crippen LogP contribution in [0.3, 0.4) is 0 Å². The second-order valence-electron chi connectivity index (χ2n) is 13.5. The van der Waals surface area contributed by atoms with Crippen molar-refractivity contribution in [3.05, 3.63) is 72.8 Å². The number of sulfonamides is 1. The molecule has 260 valence electrons. The number of nitrogens with zero attached hydrogens (tertiary/aromatic N) is 2. The van der Waals surface area contributed by atoms with Gasteiger partial charge in [-0.05, 0) is 49.8 Å². The number of hydrogen-bond donors (Lipinski definition) is 3. The van der Waals surface area contributed by atoms with E-state index in [2.05, 4.69) is 16.6 Å². The molecule has 12 heteroatoms. The van der Waals surface area contributed by atoms with Gasteiger partial charge in [0, 0.05) is 29.4 Å². The minimum atomic E-state index is -3.80. The van der Waals surface area contributed by atoms with Gasteiger partial charge in [0.2, 0.25) is 21.8 Å². The number of carbonyl (C=O) groups excluding carboxylic acids is 2. The third kappa shape index (κ3) is 7.50. The molecule has 3 N–H and O–H groups in total. The van der Waals surface area contributed by atoms with Gasteiger partial charge in [-0.25, -0.2) is 22.9 Å². The number of pyridine rings is 1. The molecule has 1 saturated heterocycles. The lowest BCUT2D eigenvalue weighted by Crippen LogP contribution is -2.56. The number of unbranched alkanes of at least 4 members (excludes halogenated alkanes) is 1. The maximum Gasteiger partial charge on any atom is 0.330 e. The highest BCUT2D eigenvalue weighted by molar-refractivity contribution is 7.89. The molecule has 2 aliphatic heterocycles. The third-order valence-electron chi connectivity index (χ3n) is 9.92. The summed E-state index contributed by atoms with van der Waals surface area (Å²) in [5, 5.41) is 13.5. The Kier molecular flexibility index (Phi) is 10.1. The lowest BCUT2D eigenvalue weighted by Gasteiger charge is -2.29. The Morgan fingerprint density at radius 1 is 1.16 bits per heavy atom. The van der Waals surface area contributed by atoms with Gasteiger partial charge in [0.25, 0.3) is 0 Å². The number of hydrogen-bond acceptors (Lipinski definition) is 7. The lowest BCUT2D eigenvalue weighted by atomic mass is 10.0. The minimum Gasteiger partial charge on any atom is -0.488 e. The monoisotopic (exact) mass is 688 g/mol. The van der Waals surface area contributed by atoms with Crippen LogP contribution in [0.5, 0.6) is 5.75 Å². The number of aryl methyl sites for hydroxylation is 1. The SMILES string of the molecule is C=CC1C[C@]1(NC(=O)[C@@H]1C[C@@H]2CN1C(=O)[C@H](CCCC)NS(=O)(=O)CCCCCc1ccc3nc(-c4ccccc4)cc(c3c1)O2)C(=O)O. The van der Waals surface area contributed by atoms with Gasteiger partial charge in [0.05, 0.1) is 23.5 Å². The molecule has 5 atom stereocenters. The Labute approximate surface area is 287 Å². The molecule has 1 aromatic heterocycles. The third-order valence-corrected chi connectivity index (χ3v) is 11.4. The predicted octanol–water partition coefficient (Wildman–Crippen LogP) is 4.60. The molecular formula is C37H44N4O7S. The number of ether oxygens (including phenoxy) is 1. The Hall–Kier alpha value is -4.29. The molecule has 2 fully saturated rings. The van der Waals surface area contributed by atoms with Crippen LogP contribution in [0.15, 0.2) is 67.3 Å². The van der Waals surface area contributed by atoms with Crippen LogP contribution < -0.4 is 14.8 Å². The topological polar surface area (TPSA) is 155 Å². The van der Waals surface area contributed by atoms with E-state index in [0.717, 1.165) is 41.3 Å². The molecule has 2 aromatic carbocycles. The Balaban J connectivity index is 1.40. The number of carbonyl (C=O) groups is 3. The standard InChI is InChI=1S/C37H44N4O7S/c1-3-5-15-30-35(43)41-23-27(20-32(41)34(42)39-37(36(44)45)22-26(37)4-2)48-33-21-31(25-13-9-6-10-14-25)38-29-17-16-24(19-28(29)33)12-8-7-11-18-49(46,47)40-30/h4,6,9-10,13-14,16-17,19,21,26-27,30,32,40H,2-3,5,7-8,11-12,15,18,20,22-23H2,1H3,(H,39,42)(H,44,45)/t26?,27-,30+,32+,37-/m1/s1. The molecule has 49 heavy (non-hydrogen) atoms. The lowest BCUT2D eigenvalue weighted by molar-refractivity contribution is -0.145. The number of benzene rings is 2. The first-order valence-corrected chi connectivity index (χ1v) is 18.8. The highest BCUT2D eigenvalue weighted by Crippen LogP contribution is 2.45. The summed E-state index contributed by atoms with van der Waals surface area (Å²) in [7, 11) is -3.80. The van der Waals surface area contributed by atoms with E-state index in [9.17, 15) is 27.9 Å². The molecule has 6 rings (SSSR count). The van der Waals surface area contributed by atoms with Crippen LogP contribution in [0.4, 0.5) is 0 Å². The zero-order chi connectivity index (χ0) is 34.8. The molecule has 2 amide bonds. The van der Waals surface area contributed by atoms with Gasteiger partial charge in [0.1, 0.15) is 29.5 Å². The molecule has 0 radical (unpaired) electrons. The number of aromatic nitrogens is 1. The van der Waals surface area contributed by atoms with Crippen molar-refractivity contribution in [1.29, 1.82) is 0 Å². The van der Waals surface area contributed by atoms with E-state index >= 15 is 0 Å². The highest BCUT2D eigenvalue weighted by Gasteiger charge is 2.61. The quantitative estimate of drug-likeness (QED) is 0.290. The summed E-state index contributed by atoms with van der Waals surface area (Å²) in [4.78, 5) is 46.8. The first-order chi connectivity index (χ1) is 23.5. The fraction of sp³-hybridized carbons (Fsp3) is 0.459. The number of carboxylic acids is 1. The summed E-state index contributed by atoms with van der Waals surface area (Å²) in [6.07, 6.45) is 5.42. The van der Waals surface area contributed by atoms with Crippen LogP contribution in [0.2, 0.25) is 0 Å². The normalized spacial score (nSPS) is 26.9. The molecule has 1 unspecified atom stereocenters. The summed E-state index contributed by atoms with van der Waals surface area (Å²) in [6.45, 7) is 5.68. The Bertz CT molecular complexity index is 1850. The average molecular weight is 689 g/mol. The van der Waals surface area contributed by atoms with Gasteiger partial charge in [0.15, 0.2) is 0 Å². The summed E-state index contributed by atoms with van der Waals surface area (Å²) in [6, 6.07) is 15.5. The number of rotatable bonds is 8. The largest absolute Gasteiger partial charge is 0.488 e. The van der Waals surface area contributed by atoms with E-state index in [4.69, 9.17) is 9.72 Å². The van der Waals surface area contributed by atoms with Crippen LogP contribution in [0.25, 0.3) is 22.2 Å². The zero-order valence-corrected chi connectivity index (χ0v) is 28.6. The fourth-order valence-electron chi connectivity index (χ4n) is 7.04. The van der Waals surface area contributed by atoms with Gasteiger partial charge in [-0.15, -0.1) is 6.58 Å². The van der Waals surface area contributed by atoms with Crippen molar-refractivity contribution in [2.24, 2.45) is 5.92 Å². The average Bonchev–Trinajstić information content (AvgIpc) is 3.65. The first kappa shape index (κ1) is 34.6. The Morgan fingerprint density at radius 3 is 2.67 bits per heavy atom. The maximum atomic E-state index is 14.3. The van der Waals surface area contributed by atoms with Gasteiger partial charge in [-0.2, -0.15) is 0 Å². The van der Waals surface area contributed by atoms with Crippen molar-refractivity contribution < 1.29 is 32.6 Å². The van der Waals surface area contributed by atoms with Crippen molar-refractivity contribution in [2.75, 3.05) is 12.3 Å². The molecule has 11 nitrogen and oxygen atoms in total. The molecule has 3 heterocycles. The van der Waals surface area contributed by atoms with E-state index in [1.54, 1.807) is 0 Å². The molecule has 0 spiro atoms. The van der Waals surface area contributed by atoms with E-state index in [-0.39, 0.29) is 31.6 Å². The van der Waals surface area contributed by atoms with Gasteiger partial charge in [-0.3, -0.25) is 9.59 Å².